The van der Waals surface area contributed by atoms with Crippen molar-refractivity contribution in [1.82, 2.24) is 4.90 Å². The first-order chi connectivity index (χ1) is 9.52. The van der Waals surface area contributed by atoms with Crippen LogP contribution in [-0.2, 0) is 0 Å². The van der Waals surface area contributed by atoms with Gasteiger partial charge in [-0.15, -0.1) is 0 Å². The van der Waals surface area contributed by atoms with Crippen molar-refractivity contribution in [3.63, 3.8) is 0 Å². The summed E-state index contributed by atoms with van der Waals surface area (Å²) in [6, 6.07) is 5.69. The fourth-order valence-corrected chi connectivity index (χ4v) is 2.98. The van der Waals surface area contributed by atoms with Crippen molar-refractivity contribution in [2.75, 3.05) is 13.7 Å². The largest absolute Gasteiger partial charge is 0.396 e. The Morgan fingerprint density at radius 3 is 2.55 bits per heavy atom. The van der Waals surface area contributed by atoms with Gasteiger partial charge in [-0.1, -0.05) is 11.6 Å². The van der Waals surface area contributed by atoms with Gasteiger partial charge in [0.15, 0.2) is 0 Å². The number of carbonyl (C=O) groups excluding carboxylic acids is 1. The van der Waals surface area contributed by atoms with Crippen LogP contribution >= 0.6 is 11.6 Å². The van der Waals surface area contributed by atoms with Crippen LogP contribution in [-0.4, -0.2) is 35.6 Å². The van der Waals surface area contributed by atoms with Gasteiger partial charge in [0.25, 0.3) is 5.91 Å². The van der Waals surface area contributed by atoms with E-state index in [1.165, 1.54) is 0 Å². The van der Waals surface area contributed by atoms with Gasteiger partial charge in [-0.25, -0.2) is 0 Å². The fourth-order valence-electron chi connectivity index (χ4n) is 2.86. The lowest BCUT2D eigenvalue weighted by Gasteiger charge is -2.34. The van der Waals surface area contributed by atoms with Crippen molar-refractivity contribution < 1.29 is 9.90 Å². The molecule has 1 aliphatic rings. The summed E-state index contributed by atoms with van der Waals surface area (Å²) >= 11 is 6.00. The number of nitrogens with zero attached hydrogens (tertiary/aromatic N) is 1. The Morgan fingerprint density at radius 2 is 2.00 bits per heavy atom. The Hall–Kier alpha value is -1.06. The summed E-state index contributed by atoms with van der Waals surface area (Å²) in [6.45, 7) is 2.17. The second-order valence-electron chi connectivity index (χ2n) is 5.74. The van der Waals surface area contributed by atoms with Crippen molar-refractivity contribution in [3.05, 3.63) is 34.3 Å². The van der Waals surface area contributed by atoms with Crippen LogP contribution in [0.5, 0.6) is 0 Å². The maximum atomic E-state index is 12.5. The third-order valence-electron chi connectivity index (χ3n) is 4.35. The second kappa shape index (κ2) is 6.59. The van der Waals surface area contributed by atoms with E-state index in [-0.39, 0.29) is 18.6 Å². The van der Waals surface area contributed by atoms with Crippen molar-refractivity contribution >= 4 is 17.5 Å². The van der Waals surface area contributed by atoms with E-state index in [2.05, 4.69) is 0 Å². The molecule has 4 heteroatoms. The van der Waals surface area contributed by atoms with E-state index < -0.39 is 0 Å². The summed E-state index contributed by atoms with van der Waals surface area (Å²) in [5.74, 6) is 0.463. The standard InChI is InChI=1S/C16H22ClNO2/c1-11-9-13(5-8-15(11)17)16(20)18(2)14-6-3-12(10-19)4-7-14/h5,8-9,12,14,19H,3-4,6-7,10H2,1-2H3. The Labute approximate surface area is 125 Å². The van der Waals surface area contributed by atoms with E-state index in [4.69, 9.17) is 16.7 Å². The second-order valence-corrected chi connectivity index (χ2v) is 6.14. The molecule has 1 amide bonds. The summed E-state index contributed by atoms with van der Waals surface area (Å²) in [5, 5.41) is 9.85. The molecular weight excluding hydrogens is 274 g/mol. The molecule has 1 fully saturated rings. The predicted molar refractivity (Wildman–Crippen MR) is 81.1 cm³/mol. The molecule has 1 aliphatic carbocycles. The minimum atomic E-state index is 0.0530. The number of hydrogen-bond acceptors (Lipinski definition) is 2. The molecule has 0 atom stereocenters. The zero-order valence-corrected chi connectivity index (χ0v) is 12.9. The molecule has 2 rings (SSSR count). The highest BCUT2D eigenvalue weighted by molar-refractivity contribution is 6.31. The average Bonchev–Trinajstić information content (AvgIpc) is 2.48. The molecule has 0 unspecified atom stereocenters. The van der Waals surface area contributed by atoms with Gasteiger partial charge in [-0.3, -0.25) is 4.79 Å². The summed E-state index contributed by atoms with van der Waals surface area (Å²) < 4.78 is 0. The molecule has 0 spiro atoms. The Bertz CT molecular complexity index is 481. The number of carbonyl (C=O) groups is 1. The van der Waals surface area contributed by atoms with Gasteiger partial charge in [0.1, 0.15) is 0 Å². The molecule has 20 heavy (non-hydrogen) atoms. The lowest BCUT2D eigenvalue weighted by atomic mass is 9.86. The maximum Gasteiger partial charge on any atom is 0.253 e. The first kappa shape index (κ1) is 15.3. The normalized spacial score (nSPS) is 22.6. The van der Waals surface area contributed by atoms with E-state index in [9.17, 15) is 4.79 Å². The van der Waals surface area contributed by atoms with Crippen LogP contribution < -0.4 is 0 Å². The maximum absolute atomic E-state index is 12.5. The monoisotopic (exact) mass is 295 g/mol. The van der Waals surface area contributed by atoms with Gasteiger partial charge in [0, 0.05) is 30.3 Å². The van der Waals surface area contributed by atoms with Crippen molar-refractivity contribution in [2.45, 2.75) is 38.6 Å². The van der Waals surface area contributed by atoms with E-state index in [0.717, 1.165) is 31.2 Å². The molecule has 1 aromatic rings. The van der Waals surface area contributed by atoms with Crippen molar-refractivity contribution in [1.29, 1.82) is 0 Å². The molecule has 0 aromatic heterocycles. The van der Waals surface area contributed by atoms with Crippen LogP contribution in [0, 0.1) is 12.8 Å². The van der Waals surface area contributed by atoms with Crippen LogP contribution in [0.4, 0.5) is 0 Å². The van der Waals surface area contributed by atoms with Crippen LogP contribution in [0.2, 0.25) is 5.02 Å². The summed E-state index contributed by atoms with van der Waals surface area (Å²) in [4.78, 5) is 14.3. The number of rotatable bonds is 3. The van der Waals surface area contributed by atoms with Gasteiger partial charge in [0.2, 0.25) is 0 Å². The molecule has 0 heterocycles. The van der Waals surface area contributed by atoms with Crippen molar-refractivity contribution in [2.24, 2.45) is 5.92 Å². The number of hydrogen-bond donors (Lipinski definition) is 1. The van der Waals surface area contributed by atoms with Gasteiger partial charge >= 0.3 is 0 Å². The summed E-state index contributed by atoms with van der Waals surface area (Å²) in [6.07, 6.45) is 3.94. The minimum Gasteiger partial charge on any atom is -0.396 e. The van der Waals surface area contributed by atoms with E-state index in [1.807, 2.05) is 24.9 Å². The Balaban J connectivity index is 2.03. The van der Waals surface area contributed by atoms with E-state index >= 15 is 0 Å². The van der Waals surface area contributed by atoms with Gasteiger partial charge < -0.3 is 10.0 Å². The lowest BCUT2D eigenvalue weighted by Crippen LogP contribution is -2.39. The van der Waals surface area contributed by atoms with Crippen LogP contribution in [0.3, 0.4) is 0 Å². The predicted octanol–water partition coefficient (Wildman–Crippen LogP) is 3.27. The molecule has 0 aliphatic heterocycles. The number of halogens is 1. The molecule has 0 saturated heterocycles. The highest BCUT2D eigenvalue weighted by Gasteiger charge is 2.26. The molecule has 1 saturated carbocycles. The van der Waals surface area contributed by atoms with Gasteiger partial charge in [0.05, 0.1) is 0 Å². The van der Waals surface area contributed by atoms with Crippen molar-refractivity contribution in [3.8, 4) is 0 Å². The van der Waals surface area contributed by atoms with Gasteiger partial charge in [-0.05, 0) is 62.3 Å². The molecule has 110 valence electrons. The summed E-state index contributed by atoms with van der Waals surface area (Å²) in [5.41, 5.74) is 1.62. The Kier molecular flexibility index (Phi) is 5.06. The van der Waals surface area contributed by atoms with E-state index in [1.54, 1.807) is 12.1 Å². The first-order valence-corrected chi connectivity index (χ1v) is 7.55. The average molecular weight is 296 g/mol. The zero-order chi connectivity index (χ0) is 14.7. The number of amides is 1. The van der Waals surface area contributed by atoms with E-state index in [0.29, 0.717) is 16.5 Å². The number of benzene rings is 1. The molecular formula is C16H22ClNO2. The quantitative estimate of drug-likeness (QED) is 0.930. The molecule has 0 bridgehead atoms. The SMILES string of the molecule is Cc1cc(C(=O)N(C)C2CCC(CO)CC2)ccc1Cl. The van der Waals surface area contributed by atoms with Crippen LogP contribution in [0.25, 0.3) is 0 Å². The number of aliphatic hydroxyl groups is 1. The van der Waals surface area contributed by atoms with Crippen LogP contribution in [0.15, 0.2) is 18.2 Å². The smallest absolute Gasteiger partial charge is 0.253 e. The third-order valence-corrected chi connectivity index (χ3v) is 4.77. The number of aryl methyl sites for hydroxylation is 1. The first-order valence-electron chi connectivity index (χ1n) is 7.17. The highest BCUT2D eigenvalue weighted by atomic mass is 35.5. The molecule has 1 aromatic carbocycles. The summed E-state index contributed by atoms with van der Waals surface area (Å²) in [7, 11) is 1.87. The third kappa shape index (κ3) is 3.33. The Morgan fingerprint density at radius 1 is 1.35 bits per heavy atom. The topological polar surface area (TPSA) is 40.5 Å². The van der Waals surface area contributed by atoms with Gasteiger partial charge in [-0.2, -0.15) is 0 Å². The van der Waals surface area contributed by atoms with Crippen LogP contribution in [0.1, 0.15) is 41.6 Å². The number of aliphatic hydroxyl groups excluding tert-OH is 1. The molecule has 1 N–H and O–H groups in total. The fraction of sp³-hybridized carbons (Fsp3) is 0.562. The lowest BCUT2D eigenvalue weighted by molar-refractivity contribution is 0.0653. The zero-order valence-electron chi connectivity index (χ0n) is 12.1. The molecule has 3 nitrogen and oxygen atoms in total. The minimum absolute atomic E-state index is 0.0530. The molecule has 0 radical (unpaired) electrons. The highest BCUT2D eigenvalue weighted by Crippen LogP contribution is 2.27.